The summed E-state index contributed by atoms with van der Waals surface area (Å²) in [6.07, 6.45) is 0.360. The highest BCUT2D eigenvalue weighted by molar-refractivity contribution is 5.92. The van der Waals surface area contributed by atoms with Crippen LogP contribution in [0.1, 0.15) is 51.0 Å². The highest BCUT2D eigenvalue weighted by Crippen LogP contribution is 2.33. The number of amides is 2. The first-order valence-corrected chi connectivity index (χ1v) is 10.0. The van der Waals surface area contributed by atoms with Gasteiger partial charge in [-0.1, -0.05) is 6.92 Å². The van der Waals surface area contributed by atoms with Crippen LogP contribution in [0.2, 0.25) is 0 Å². The predicted octanol–water partition coefficient (Wildman–Crippen LogP) is 4.71. The van der Waals surface area contributed by atoms with E-state index >= 15 is 0 Å². The number of carbonyl (C=O) groups is 2. The Bertz CT molecular complexity index is 687. The van der Waals surface area contributed by atoms with E-state index in [1.165, 1.54) is 12.1 Å². The molecule has 28 heavy (non-hydrogen) atoms. The van der Waals surface area contributed by atoms with Gasteiger partial charge in [-0.05, 0) is 68.7 Å². The van der Waals surface area contributed by atoms with Crippen LogP contribution in [0.15, 0.2) is 24.3 Å². The standard InChI is InChI=1S/C21H27F3N2O2/c1-14-10-12-26(13-11-14)20(28)16-4-2-15(3-5-16)19(27)25-18-8-6-17(7-9-18)21(22,23)24/h6-9,14-16H,2-5,10-13H2,1H3,(H,25,27). The van der Waals surface area contributed by atoms with Crippen molar-refractivity contribution in [1.82, 2.24) is 4.90 Å². The number of alkyl halides is 3. The van der Waals surface area contributed by atoms with Crippen molar-refractivity contribution in [2.45, 2.75) is 51.6 Å². The second-order valence-corrected chi connectivity index (χ2v) is 8.12. The first-order valence-electron chi connectivity index (χ1n) is 10.0. The first-order chi connectivity index (χ1) is 13.2. The molecular weight excluding hydrogens is 369 g/mol. The lowest BCUT2D eigenvalue weighted by atomic mass is 9.80. The topological polar surface area (TPSA) is 49.4 Å². The Morgan fingerprint density at radius 1 is 0.929 bits per heavy atom. The zero-order valence-corrected chi connectivity index (χ0v) is 16.1. The lowest BCUT2D eigenvalue weighted by Gasteiger charge is -2.35. The maximum Gasteiger partial charge on any atom is 0.416 e. The second kappa shape index (κ2) is 8.53. The SMILES string of the molecule is CC1CCN(C(=O)C2CCC(C(=O)Nc3ccc(C(F)(F)F)cc3)CC2)CC1. The van der Waals surface area contributed by atoms with Crippen molar-refractivity contribution in [1.29, 1.82) is 0 Å². The third kappa shape index (κ3) is 5.06. The van der Waals surface area contributed by atoms with E-state index in [9.17, 15) is 22.8 Å². The highest BCUT2D eigenvalue weighted by Gasteiger charge is 2.33. The van der Waals surface area contributed by atoms with E-state index < -0.39 is 11.7 Å². The lowest BCUT2D eigenvalue weighted by molar-refractivity contribution is -0.139. The fourth-order valence-electron chi connectivity index (χ4n) is 4.08. The van der Waals surface area contributed by atoms with E-state index in [1.807, 2.05) is 4.90 Å². The summed E-state index contributed by atoms with van der Waals surface area (Å²) in [6, 6.07) is 4.47. The Morgan fingerprint density at radius 3 is 2.00 bits per heavy atom. The van der Waals surface area contributed by atoms with Crippen molar-refractivity contribution in [2.75, 3.05) is 18.4 Å². The van der Waals surface area contributed by atoms with E-state index in [1.54, 1.807) is 0 Å². The molecule has 1 heterocycles. The van der Waals surface area contributed by atoms with Crippen molar-refractivity contribution in [3.8, 4) is 0 Å². The largest absolute Gasteiger partial charge is 0.416 e. The van der Waals surface area contributed by atoms with Gasteiger partial charge in [0, 0.05) is 30.6 Å². The number of hydrogen-bond acceptors (Lipinski definition) is 2. The van der Waals surface area contributed by atoms with E-state index in [-0.39, 0.29) is 23.7 Å². The Labute approximate surface area is 163 Å². The average Bonchev–Trinajstić information content (AvgIpc) is 2.68. The number of carbonyl (C=O) groups excluding carboxylic acids is 2. The minimum absolute atomic E-state index is 0.0106. The molecule has 0 spiro atoms. The molecule has 0 radical (unpaired) electrons. The molecule has 1 aromatic rings. The third-order valence-corrected chi connectivity index (χ3v) is 6.02. The molecule has 2 fully saturated rings. The monoisotopic (exact) mass is 396 g/mol. The van der Waals surface area contributed by atoms with Crippen LogP contribution in [0.4, 0.5) is 18.9 Å². The number of hydrogen-bond donors (Lipinski definition) is 1. The number of piperidine rings is 1. The van der Waals surface area contributed by atoms with Gasteiger partial charge in [0.05, 0.1) is 5.56 Å². The van der Waals surface area contributed by atoms with Crippen LogP contribution in [0, 0.1) is 17.8 Å². The molecule has 2 aliphatic rings. The van der Waals surface area contributed by atoms with Gasteiger partial charge in [0.15, 0.2) is 0 Å². The molecule has 1 saturated heterocycles. The zero-order valence-electron chi connectivity index (χ0n) is 16.1. The van der Waals surface area contributed by atoms with Gasteiger partial charge in [0.1, 0.15) is 0 Å². The van der Waals surface area contributed by atoms with E-state index in [4.69, 9.17) is 0 Å². The van der Waals surface area contributed by atoms with Gasteiger partial charge in [-0.15, -0.1) is 0 Å². The number of likely N-dealkylation sites (tertiary alicyclic amines) is 1. The maximum absolute atomic E-state index is 12.7. The van der Waals surface area contributed by atoms with Crippen LogP contribution in [-0.2, 0) is 15.8 Å². The van der Waals surface area contributed by atoms with Gasteiger partial charge >= 0.3 is 6.18 Å². The summed E-state index contributed by atoms with van der Waals surface area (Å²) in [6.45, 7) is 3.87. The molecule has 1 saturated carbocycles. The maximum atomic E-state index is 12.7. The number of nitrogens with zero attached hydrogens (tertiary/aromatic N) is 1. The Kier molecular flexibility index (Phi) is 6.30. The Morgan fingerprint density at radius 2 is 1.46 bits per heavy atom. The van der Waals surface area contributed by atoms with Gasteiger partial charge in [0.2, 0.25) is 11.8 Å². The Balaban J connectivity index is 1.48. The molecule has 0 aromatic heterocycles. The molecule has 1 N–H and O–H groups in total. The van der Waals surface area contributed by atoms with Gasteiger partial charge in [-0.2, -0.15) is 13.2 Å². The summed E-state index contributed by atoms with van der Waals surface area (Å²) in [7, 11) is 0. The molecule has 1 aromatic carbocycles. The summed E-state index contributed by atoms with van der Waals surface area (Å²) in [4.78, 5) is 27.1. The molecule has 4 nitrogen and oxygen atoms in total. The second-order valence-electron chi connectivity index (χ2n) is 8.12. The zero-order chi connectivity index (χ0) is 20.3. The van der Waals surface area contributed by atoms with Gasteiger partial charge in [0.25, 0.3) is 0 Å². The molecule has 1 aliphatic heterocycles. The summed E-state index contributed by atoms with van der Waals surface area (Å²) < 4.78 is 37.8. The predicted molar refractivity (Wildman–Crippen MR) is 100 cm³/mol. The van der Waals surface area contributed by atoms with Crippen molar-refractivity contribution >= 4 is 17.5 Å². The molecule has 0 unspecified atom stereocenters. The minimum Gasteiger partial charge on any atom is -0.342 e. The highest BCUT2D eigenvalue weighted by atomic mass is 19.4. The number of rotatable bonds is 3. The van der Waals surface area contributed by atoms with Gasteiger partial charge in [-0.25, -0.2) is 0 Å². The number of nitrogens with one attached hydrogen (secondary N) is 1. The van der Waals surface area contributed by atoms with Crippen LogP contribution < -0.4 is 5.32 Å². The quantitative estimate of drug-likeness (QED) is 0.805. The molecule has 0 bridgehead atoms. The number of halogens is 3. The lowest BCUT2D eigenvalue weighted by Crippen LogP contribution is -2.42. The number of benzene rings is 1. The van der Waals surface area contributed by atoms with Crippen LogP contribution in [0.5, 0.6) is 0 Å². The van der Waals surface area contributed by atoms with Crippen LogP contribution in [-0.4, -0.2) is 29.8 Å². The molecule has 3 rings (SSSR count). The molecule has 2 amide bonds. The van der Waals surface area contributed by atoms with Crippen LogP contribution in [0.3, 0.4) is 0 Å². The Hall–Kier alpha value is -2.05. The molecule has 0 atom stereocenters. The fourth-order valence-corrected chi connectivity index (χ4v) is 4.08. The summed E-state index contributed by atoms with van der Waals surface area (Å²) >= 11 is 0. The van der Waals surface area contributed by atoms with E-state index in [0.717, 1.165) is 38.1 Å². The van der Waals surface area contributed by atoms with Crippen molar-refractivity contribution in [3.05, 3.63) is 29.8 Å². The third-order valence-electron chi connectivity index (χ3n) is 6.02. The molecular formula is C21H27F3N2O2. The minimum atomic E-state index is -4.39. The normalized spacial score (nSPS) is 24.1. The van der Waals surface area contributed by atoms with Crippen LogP contribution >= 0.6 is 0 Å². The van der Waals surface area contributed by atoms with E-state index in [0.29, 0.717) is 37.3 Å². The summed E-state index contributed by atoms with van der Waals surface area (Å²) in [5, 5.41) is 2.70. The molecule has 7 heteroatoms. The summed E-state index contributed by atoms with van der Waals surface area (Å²) in [5.41, 5.74) is -0.379. The number of anilines is 1. The smallest absolute Gasteiger partial charge is 0.342 e. The summed E-state index contributed by atoms with van der Waals surface area (Å²) in [5.74, 6) is 0.496. The van der Waals surface area contributed by atoms with Gasteiger partial charge in [-0.3, -0.25) is 9.59 Å². The van der Waals surface area contributed by atoms with Gasteiger partial charge < -0.3 is 10.2 Å². The molecule has 1 aliphatic carbocycles. The van der Waals surface area contributed by atoms with Crippen molar-refractivity contribution in [3.63, 3.8) is 0 Å². The molecule has 154 valence electrons. The van der Waals surface area contributed by atoms with E-state index in [2.05, 4.69) is 12.2 Å². The van der Waals surface area contributed by atoms with Crippen molar-refractivity contribution in [2.24, 2.45) is 17.8 Å². The fraction of sp³-hybridized carbons (Fsp3) is 0.619. The first kappa shape index (κ1) is 20.7. The average molecular weight is 396 g/mol. The van der Waals surface area contributed by atoms with Crippen molar-refractivity contribution < 1.29 is 22.8 Å². The van der Waals surface area contributed by atoms with Crippen LogP contribution in [0.25, 0.3) is 0 Å².